The summed E-state index contributed by atoms with van der Waals surface area (Å²) in [6.45, 7) is 8.04. The molecule has 28 heavy (non-hydrogen) atoms. The molecule has 2 rings (SSSR count). The van der Waals surface area contributed by atoms with Gasteiger partial charge in [-0.1, -0.05) is 24.3 Å². The number of guanidine groups is 1. The van der Waals surface area contributed by atoms with Gasteiger partial charge in [-0.15, -0.1) is 24.0 Å². The smallest absolute Gasteiger partial charge is 0.191 e. The summed E-state index contributed by atoms with van der Waals surface area (Å²) in [5.74, 6) is 0.848. The Morgan fingerprint density at radius 2 is 1.89 bits per heavy atom. The summed E-state index contributed by atoms with van der Waals surface area (Å²) in [6, 6.07) is 11.0. The molecule has 0 aliphatic carbocycles. The predicted molar refractivity (Wildman–Crippen MR) is 128 cm³/mol. The Balaban J connectivity index is 0.00000392. The first-order valence-electron chi connectivity index (χ1n) is 9.79. The highest BCUT2D eigenvalue weighted by atomic mass is 127. The van der Waals surface area contributed by atoms with Gasteiger partial charge in [0.25, 0.3) is 0 Å². The van der Waals surface area contributed by atoms with Crippen LogP contribution >= 0.6 is 24.0 Å². The molecule has 0 atom stereocenters. The van der Waals surface area contributed by atoms with Crippen molar-refractivity contribution in [2.45, 2.75) is 45.8 Å². The highest BCUT2D eigenvalue weighted by molar-refractivity contribution is 14.0. The number of halogens is 1. The minimum absolute atomic E-state index is 0. The first kappa shape index (κ1) is 24.4. The topological polar surface area (TPSA) is 57.5 Å². The number of benzene rings is 1. The molecule has 0 unspecified atom stereocenters. The van der Waals surface area contributed by atoms with Crippen LogP contribution in [0.4, 0.5) is 0 Å². The number of rotatable bonds is 10. The molecule has 0 spiro atoms. The molecule has 1 aromatic heterocycles. The van der Waals surface area contributed by atoms with Crippen molar-refractivity contribution in [1.29, 1.82) is 0 Å². The summed E-state index contributed by atoms with van der Waals surface area (Å²) in [7, 11) is 4.00. The standard InChI is InChI=1S/C21H34N6.HI/c1-18(2)26(4)14-8-7-12-23-21(22-3)24-16-19-10-5-6-11-20(19)17-27-15-9-13-25-27;/h5-6,9-11,13,15,18H,7-8,12,14,16-17H2,1-4H3,(H2,22,23,24);1H. The van der Waals surface area contributed by atoms with Crippen molar-refractivity contribution in [3.05, 3.63) is 53.9 Å². The summed E-state index contributed by atoms with van der Waals surface area (Å²) in [5.41, 5.74) is 2.52. The van der Waals surface area contributed by atoms with Crippen LogP contribution in [0.2, 0.25) is 0 Å². The van der Waals surface area contributed by atoms with E-state index in [2.05, 4.69) is 70.8 Å². The second kappa shape index (κ2) is 13.5. The summed E-state index contributed by atoms with van der Waals surface area (Å²) in [5, 5.41) is 11.1. The number of nitrogens with one attached hydrogen (secondary N) is 2. The Morgan fingerprint density at radius 3 is 2.54 bits per heavy atom. The van der Waals surface area contributed by atoms with E-state index in [0.29, 0.717) is 6.04 Å². The van der Waals surface area contributed by atoms with E-state index in [1.807, 2.05) is 30.2 Å². The molecule has 0 bridgehead atoms. The minimum Gasteiger partial charge on any atom is -0.356 e. The van der Waals surface area contributed by atoms with Crippen molar-refractivity contribution in [1.82, 2.24) is 25.3 Å². The molecular formula is C21H35IN6. The summed E-state index contributed by atoms with van der Waals surface area (Å²) in [4.78, 5) is 6.71. The maximum Gasteiger partial charge on any atom is 0.191 e. The van der Waals surface area contributed by atoms with Crippen LogP contribution < -0.4 is 10.6 Å². The highest BCUT2D eigenvalue weighted by Gasteiger charge is 2.05. The van der Waals surface area contributed by atoms with E-state index in [1.165, 1.54) is 17.5 Å². The average molecular weight is 498 g/mol. The van der Waals surface area contributed by atoms with Crippen molar-refractivity contribution in [2.24, 2.45) is 4.99 Å². The number of aromatic nitrogens is 2. The van der Waals surface area contributed by atoms with Crippen LogP contribution in [0.15, 0.2) is 47.7 Å². The quantitative estimate of drug-likeness (QED) is 0.229. The van der Waals surface area contributed by atoms with Crippen molar-refractivity contribution in [2.75, 3.05) is 27.2 Å². The number of hydrogen-bond acceptors (Lipinski definition) is 3. The van der Waals surface area contributed by atoms with E-state index in [0.717, 1.165) is 38.6 Å². The lowest BCUT2D eigenvalue weighted by molar-refractivity contribution is 0.268. The Bertz CT molecular complexity index is 684. The maximum atomic E-state index is 4.34. The fraction of sp³-hybridized carbons (Fsp3) is 0.524. The van der Waals surface area contributed by atoms with Crippen molar-refractivity contribution in [3.8, 4) is 0 Å². The normalized spacial score (nSPS) is 11.6. The van der Waals surface area contributed by atoms with Crippen LogP contribution in [0.3, 0.4) is 0 Å². The number of nitrogens with zero attached hydrogens (tertiary/aromatic N) is 4. The molecule has 0 amide bonds. The monoisotopic (exact) mass is 498 g/mol. The Kier molecular flexibility index (Phi) is 11.8. The van der Waals surface area contributed by atoms with E-state index in [1.54, 1.807) is 0 Å². The Morgan fingerprint density at radius 1 is 1.14 bits per heavy atom. The molecule has 1 heterocycles. The van der Waals surface area contributed by atoms with Gasteiger partial charge in [-0.25, -0.2) is 0 Å². The molecule has 2 N–H and O–H groups in total. The van der Waals surface area contributed by atoms with Crippen molar-refractivity contribution in [3.63, 3.8) is 0 Å². The first-order valence-corrected chi connectivity index (χ1v) is 9.79. The van der Waals surface area contributed by atoms with Gasteiger partial charge in [0.2, 0.25) is 0 Å². The Labute approximate surface area is 186 Å². The lowest BCUT2D eigenvalue weighted by atomic mass is 10.1. The van der Waals surface area contributed by atoms with Crippen LogP contribution in [-0.2, 0) is 13.1 Å². The number of aliphatic imine (C=N–C) groups is 1. The second-order valence-corrected chi connectivity index (χ2v) is 7.11. The molecule has 156 valence electrons. The zero-order chi connectivity index (χ0) is 19.5. The second-order valence-electron chi connectivity index (χ2n) is 7.11. The molecule has 7 heteroatoms. The van der Waals surface area contributed by atoms with E-state index in [4.69, 9.17) is 0 Å². The molecule has 1 aromatic carbocycles. The van der Waals surface area contributed by atoms with Gasteiger partial charge in [-0.3, -0.25) is 9.67 Å². The third kappa shape index (κ3) is 8.60. The van der Waals surface area contributed by atoms with E-state index < -0.39 is 0 Å². The van der Waals surface area contributed by atoms with Crippen molar-refractivity contribution >= 4 is 29.9 Å². The van der Waals surface area contributed by atoms with Gasteiger partial charge in [0.1, 0.15) is 0 Å². The van der Waals surface area contributed by atoms with Crippen LogP contribution in [-0.4, -0.2) is 53.9 Å². The van der Waals surface area contributed by atoms with Crippen LogP contribution in [0.25, 0.3) is 0 Å². The van der Waals surface area contributed by atoms with E-state index in [-0.39, 0.29) is 24.0 Å². The minimum atomic E-state index is 0. The number of hydrogen-bond donors (Lipinski definition) is 2. The van der Waals surface area contributed by atoms with Gasteiger partial charge >= 0.3 is 0 Å². The van der Waals surface area contributed by atoms with Gasteiger partial charge in [-0.05, 0) is 57.5 Å². The molecular weight excluding hydrogens is 463 g/mol. The van der Waals surface area contributed by atoms with Gasteiger partial charge < -0.3 is 15.5 Å². The summed E-state index contributed by atoms with van der Waals surface area (Å²) >= 11 is 0. The predicted octanol–water partition coefficient (Wildman–Crippen LogP) is 3.33. The van der Waals surface area contributed by atoms with Crippen LogP contribution in [0, 0.1) is 0 Å². The summed E-state index contributed by atoms with van der Waals surface area (Å²) < 4.78 is 1.94. The molecule has 0 aliphatic heterocycles. The zero-order valence-corrected chi connectivity index (χ0v) is 19.9. The first-order chi connectivity index (χ1) is 13.1. The highest BCUT2D eigenvalue weighted by Crippen LogP contribution is 2.10. The van der Waals surface area contributed by atoms with Crippen LogP contribution in [0.5, 0.6) is 0 Å². The molecule has 0 saturated heterocycles. The SMILES string of the molecule is CN=C(NCCCCN(C)C(C)C)NCc1ccccc1Cn1cccn1.I. The maximum absolute atomic E-state index is 4.34. The molecule has 6 nitrogen and oxygen atoms in total. The fourth-order valence-electron chi connectivity index (χ4n) is 2.80. The van der Waals surface area contributed by atoms with Crippen molar-refractivity contribution < 1.29 is 0 Å². The zero-order valence-electron chi connectivity index (χ0n) is 17.6. The lowest BCUT2D eigenvalue weighted by Gasteiger charge is -2.20. The molecule has 0 saturated carbocycles. The summed E-state index contributed by atoms with van der Waals surface area (Å²) in [6.07, 6.45) is 6.12. The van der Waals surface area contributed by atoms with Gasteiger partial charge in [-0.2, -0.15) is 5.10 Å². The molecule has 0 aliphatic rings. The fourth-order valence-corrected chi connectivity index (χ4v) is 2.80. The molecule has 2 aromatic rings. The molecule has 0 fully saturated rings. The average Bonchev–Trinajstić information content (AvgIpc) is 3.17. The lowest BCUT2D eigenvalue weighted by Crippen LogP contribution is -2.37. The third-order valence-corrected chi connectivity index (χ3v) is 4.79. The number of unbranched alkanes of at least 4 members (excludes halogenated alkanes) is 1. The van der Waals surface area contributed by atoms with Gasteiger partial charge in [0, 0.05) is 38.6 Å². The van der Waals surface area contributed by atoms with E-state index in [9.17, 15) is 0 Å². The van der Waals surface area contributed by atoms with Gasteiger partial charge in [0.05, 0.1) is 6.54 Å². The van der Waals surface area contributed by atoms with Crippen LogP contribution in [0.1, 0.15) is 37.8 Å². The third-order valence-electron chi connectivity index (χ3n) is 4.79. The Hall–Kier alpha value is -1.61. The van der Waals surface area contributed by atoms with Gasteiger partial charge in [0.15, 0.2) is 5.96 Å². The molecule has 0 radical (unpaired) electrons. The largest absolute Gasteiger partial charge is 0.356 e. The van der Waals surface area contributed by atoms with E-state index >= 15 is 0 Å².